The van der Waals surface area contributed by atoms with Crippen LogP contribution in [0.25, 0.3) is 0 Å². The monoisotopic (exact) mass is 259 g/mol. The lowest BCUT2D eigenvalue weighted by atomic mass is 10.3. The number of hydrogen-bond acceptors (Lipinski definition) is 4. The van der Waals surface area contributed by atoms with E-state index in [-0.39, 0.29) is 5.91 Å². The Balaban J connectivity index is 3.98. The minimum absolute atomic E-state index is 0.215. The zero-order valence-corrected chi connectivity index (χ0v) is 12.4. The molecule has 0 aromatic heterocycles. The minimum atomic E-state index is 0.215. The number of nitrogens with zero attached hydrogens (tertiary/aromatic N) is 2. The fourth-order valence-electron chi connectivity index (χ4n) is 1.67. The number of methoxy groups -OCH3 is 1. The standard InChI is InChI=1S/C13H29N3O2/c1-5-14-8-7-13(17)16(11-12-18-4)10-6-9-15(2)3/h14H,5-12H2,1-4H3. The summed E-state index contributed by atoms with van der Waals surface area (Å²) in [5.74, 6) is 0.215. The fourth-order valence-corrected chi connectivity index (χ4v) is 1.67. The maximum atomic E-state index is 12.0. The Bertz CT molecular complexity index is 210. The highest BCUT2D eigenvalue weighted by molar-refractivity contribution is 5.76. The quantitative estimate of drug-likeness (QED) is 0.546. The lowest BCUT2D eigenvalue weighted by molar-refractivity contribution is -0.131. The summed E-state index contributed by atoms with van der Waals surface area (Å²) < 4.78 is 5.06. The van der Waals surface area contributed by atoms with Gasteiger partial charge in [-0.25, -0.2) is 0 Å². The third kappa shape index (κ3) is 9.39. The van der Waals surface area contributed by atoms with Gasteiger partial charge in [0.2, 0.25) is 5.91 Å². The van der Waals surface area contributed by atoms with Gasteiger partial charge in [-0.15, -0.1) is 0 Å². The molecule has 0 heterocycles. The molecular formula is C13H29N3O2. The van der Waals surface area contributed by atoms with E-state index >= 15 is 0 Å². The summed E-state index contributed by atoms with van der Waals surface area (Å²) in [4.78, 5) is 16.1. The molecule has 1 N–H and O–H groups in total. The zero-order chi connectivity index (χ0) is 13.8. The zero-order valence-electron chi connectivity index (χ0n) is 12.4. The molecule has 108 valence electrons. The molecule has 0 radical (unpaired) electrons. The molecule has 0 bridgehead atoms. The second-order valence-corrected chi connectivity index (χ2v) is 4.63. The van der Waals surface area contributed by atoms with Gasteiger partial charge in [0.1, 0.15) is 0 Å². The molecule has 0 spiro atoms. The summed E-state index contributed by atoms with van der Waals surface area (Å²) in [6.45, 7) is 6.82. The van der Waals surface area contributed by atoms with Gasteiger partial charge in [-0.2, -0.15) is 0 Å². The van der Waals surface area contributed by atoms with Crippen LogP contribution in [0.3, 0.4) is 0 Å². The molecule has 0 saturated carbocycles. The first-order chi connectivity index (χ1) is 8.61. The molecule has 0 aliphatic carbocycles. The average molecular weight is 259 g/mol. The van der Waals surface area contributed by atoms with Gasteiger partial charge < -0.3 is 19.9 Å². The Morgan fingerprint density at radius 3 is 2.50 bits per heavy atom. The van der Waals surface area contributed by atoms with E-state index in [1.165, 1.54) is 0 Å². The predicted molar refractivity (Wildman–Crippen MR) is 74.8 cm³/mol. The van der Waals surface area contributed by atoms with Crippen LogP contribution in [0.4, 0.5) is 0 Å². The maximum absolute atomic E-state index is 12.0. The Morgan fingerprint density at radius 2 is 1.94 bits per heavy atom. The van der Waals surface area contributed by atoms with Crippen molar-refractivity contribution in [3.05, 3.63) is 0 Å². The molecular weight excluding hydrogens is 230 g/mol. The second-order valence-electron chi connectivity index (χ2n) is 4.63. The third-order valence-electron chi connectivity index (χ3n) is 2.72. The number of carbonyl (C=O) groups excluding carboxylic acids is 1. The fraction of sp³-hybridized carbons (Fsp3) is 0.923. The molecule has 18 heavy (non-hydrogen) atoms. The molecule has 0 unspecified atom stereocenters. The molecule has 0 rings (SSSR count). The molecule has 5 nitrogen and oxygen atoms in total. The van der Waals surface area contributed by atoms with E-state index in [4.69, 9.17) is 4.74 Å². The van der Waals surface area contributed by atoms with E-state index < -0.39 is 0 Å². The van der Waals surface area contributed by atoms with E-state index in [0.29, 0.717) is 19.6 Å². The number of carbonyl (C=O) groups is 1. The van der Waals surface area contributed by atoms with Crippen molar-refractivity contribution in [1.29, 1.82) is 0 Å². The Labute approximate surface area is 111 Å². The van der Waals surface area contributed by atoms with E-state index in [1.807, 2.05) is 25.9 Å². The summed E-state index contributed by atoms with van der Waals surface area (Å²) in [5.41, 5.74) is 0. The van der Waals surface area contributed by atoms with Crippen molar-refractivity contribution in [2.45, 2.75) is 19.8 Å². The highest BCUT2D eigenvalue weighted by Gasteiger charge is 2.12. The van der Waals surface area contributed by atoms with Gasteiger partial charge in [-0.1, -0.05) is 6.92 Å². The molecule has 0 fully saturated rings. The van der Waals surface area contributed by atoms with Crippen molar-refractivity contribution in [3.8, 4) is 0 Å². The van der Waals surface area contributed by atoms with Gasteiger partial charge in [0.05, 0.1) is 6.61 Å². The van der Waals surface area contributed by atoms with Crippen molar-refractivity contribution in [2.75, 3.05) is 60.5 Å². The minimum Gasteiger partial charge on any atom is -0.383 e. The van der Waals surface area contributed by atoms with E-state index in [2.05, 4.69) is 10.2 Å². The largest absolute Gasteiger partial charge is 0.383 e. The summed E-state index contributed by atoms with van der Waals surface area (Å²) in [6, 6.07) is 0. The van der Waals surface area contributed by atoms with E-state index in [1.54, 1.807) is 7.11 Å². The maximum Gasteiger partial charge on any atom is 0.223 e. The van der Waals surface area contributed by atoms with Crippen LogP contribution in [0.15, 0.2) is 0 Å². The van der Waals surface area contributed by atoms with Crippen molar-refractivity contribution in [2.24, 2.45) is 0 Å². The van der Waals surface area contributed by atoms with Crippen LogP contribution in [-0.4, -0.2) is 76.2 Å². The summed E-state index contributed by atoms with van der Waals surface area (Å²) in [6.07, 6.45) is 1.57. The first-order valence-corrected chi connectivity index (χ1v) is 6.74. The molecule has 5 heteroatoms. The van der Waals surface area contributed by atoms with E-state index in [9.17, 15) is 4.79 Å². The van der Waals surface area contributed by atoms with Crippen molar-refractivity contribution < 1.29 is 9.53 Å². The molecule has 0 aromatic carbocycles. The predicted octanol–water partition coefficient (Wildman–Crippen LogP) is 0.413. The molecule has 1 amide bonds. The third-order valence-corrected chi connectivity index (χ3v) is 2.72. The van der Waals surface area contributed by atoms with Crippen LogP contribution in [-0.2, 0) is 9.53 Å². The van der Waals surface area contributed by atoms with Gasteiger partial charge in [0.15, 0.2) is 0 Å². The molecule has 0 aromatic rings. The molecule has 0 aliphatic heterocycles. The van der Waals surface area contributed by atoms with Gasteiger partial charge in [-0.05, 0) is 33.6 Å². The first-order valence-electron chi connectivity index (χ1n) is 6.74. The van der Waals surface area contributed by atoms with Crippen LogP contribution < -0.4 is 5.32 Å². The van der Waals surface area contributed by atoms with Crippen molar-refractivity contribution in [1.82, 2.24) is 15.1 Å². The van der Waals surface area contributed by atoms with Gasteiger partial charge >= 0.3 is 0 Å². The van der Waals surface area contributed by atoms with Gasteiger partial charge in [0, 0.05) is 33.2 Å². The first kappa shape index (κ1) is 17.4. The highest BCUT2D eigenvalue weighted by Crippen LogP contribution is 1.97. The number of hydrogen-bond donors (Lipinski definition) is 1. The van der Waals surface area contributed by atoms with Crippen molar-refractivity contribution in [3.63, 3.8) is 0 Å². The number of ether oxygens (including phenoxy) is 1. The van der Waals surface area contributed by atoms with Crippen molar-refractivity contribution >= 4 is 5.91 Å². The van der Waals surface area contributed by atoms with Gasteiger partial charge in [0.25, 0.3) is 0 Å². The lowest BCUT2D eigenvalue weighted by Crippen LogP contribution is -2.37. The Morgan fingerprint density at radius 1 is 1.22 bits per heavy atom. The second kappa shape index (κ2) is 11.4. The smallest absolute Gasteiger partial charge is 0.223 e. The lowest BCUT2D eigenvalue weighted by Gasteiger charge is -2.23. The number of rotatable bonds is 11. The highest BCUT2D eigenvalue weighted by atomic mass is 16.5. The summed E-state index contributed by atoms with van der Waals surface area (Å²) in [5, 5.41) is 3.18. The van der Waals surface area contributed by atoms with Crippen LogP contribution in [0.5, 0.6) is 0 Å². The normalized spacial score (nSPS) is 10.9. The van der Waals surface area contributed by atoms with Crippen LogP contribution in [0, 0.1) is 0 Å². The molecule has 0 atom stereocenters. The SMILES string of the molecule is CCNCCC(=O)N(CCCN(C)C)CCOC. The van der Waals surface area contributed by atoms with Crippen LogP contribution >= 0.6 is 0 Å². The molecule has 0 aliphatic rings. The Kier molecular flexibility index (Phi) is 11.0. The number of amides is 1. The summed E-state index contributed by atoms with van der Waals surface area (Å²) >= 11 is 0. The summed E-state index contributed by atoms with van der Waals surface area (Å²) in [7, 11) is 5.76. The Hall–Kier alpha value is -0.650. The van der Waals surface area contributed by atoms with E-state index in [0.717, 1.165) is 32.6 Å². The van der Waals surface area contributed by atoms with Crippen LogP contribution in [0.2, 0.25) is 0 Å². The van der Waals surface area contributed by atoms with Crippen LogP contribution in [0.1, 0.15) is 19.8 Å². The number of nitrogens with one attached hydrogen (secondary N) is 1. The average Bonchev–Trinajstić information content (AvgIpc) is 2.33. The molecule has 0 saturated heterocycles. The topological polar surface area (TPSA) is 44.8 Å². The van der Waals surface area contributed by atoms with Gasteiger partial charge in [-0.3, -0.25) is 4.79 Å².